The van der Waals surface area contributed by atoms with Gasteiger partial charge in [-0.3, -0.25) is 10.1 Å². The second-order valence-corrected chi connectivity index (χ2v) is 10.3. The molecule has 0 radical (unpaired) electrons. The second kappa shape index (κ2) is 8.89. The lowest BCUT2D eigenvalue weighted by Crippen LogP contribution is -2.37. The topological polar surface area (TPSA) is 105 Å². The maximum Gasteiger partial charge on any atom is 0.322 e. The Hall–Kier alpha value is -2.56. The number of halogens is 1. The Kier molecular flexibility index (Phi) is 6.22. The van der Waals surface area contributed by atoms with Gasteiger partial charge in [-0.15, -0.1) is 5.10 Å². The summed E-state index contributed by atoms with van der Waals surface area (Å²) in [7, 11) is -3.56. The number of nitrogens with zero attached hydrogens (tertiary/aromatic N) is 3. The van der Waals surface area contributed by atoms with Crippen LogP contribution in [0.1, 0.15) is 30.1 Å². The summed E-state index contributed by atoms with van der Waals surface area (Å²) in [5.41, 5.74) is 0.998. The van der Waals surface area contributed by atoms with E-state index in [-0.39, 0.29) is 22.4 Å². The largest absolute Gasteiger partial charge is 0.403 e. The predicted molar refractivity (Wildman–Crippen MR) is 119 cm³/mol. The molecule has 1 aromatic heterocycles. The molecular weight excluding hydrogens is 484 g/mol. The summed E-state index contributed by atoms with van der Waals surface area (Å²) < 4.78 is 33.5. The molecule has 0 aliphatic carbocycles. The molecule has 1 aliphatic heterocycles. The van der Waals surface area contributed by atoms with Crippen molar-refractivity contribution in [3.05, 3.63) is 58.6 Å². The summed E-state index contributed by atoms with van der Waals surface area (Å²) in [4.78, 5) is 12.7. The third-order valence-corrected chi connectivity index (χ3v) is 7.62. The van der Waals surface area contributed by atoms with E-state index >= 15 is 0 Å². The summed E-state index contributed by atoms with van der Waals surface area (Å²) >= 11 is 3.38. The van der Waals surface area contributed by atoms with E-state index < -0.39 is 15.9 Å². The van der Waals surface area contributed by atoms with Crippen LogP contribution in [0.4, 0.5) is 6.01 Å². The molecule has 8 nitrogen and oxygen atoms in total. The molecular formula is C21H21BrN4O4S. The minimum Gasteiger partial charge on any atom is -0.403 e. The highest BCUT2D eigenvalue weighted by molar-refractivity contribution is 9.10. The first kappa shape index (κ1) is 21.7. The molecule has 1 amide bonds. The SMILES string of the molecule is CC1CCN(S(=O)(=O)c2ccc(C(=O)Nc3nnc(-c4cccc(Br)c4)o3)cc2)CC1. The van der Waals surface area contributed by atoms with E-state index in [9.17, 15) is 13.2 Å². The van der Waals surface area contributed by atoms with Crippen molar-refractivity contribution in [2.75, 3.05) is 18.4 Å². The minimum absolute atomic E-state index is 0.0425. The van der Waals surface area contributed by atoms with Gasteiger partial charge in [0.2, 0.25) is 15.9 Å². The van der Waals surface area contributed by atoms with Gasteiger partial charge in [-0.2, -0.15) is 4.31 Å². The molecule has 10 heteroatoms. The fourth-order valence-corrected chi connectivity index (χ4v) is 5.20. The predicted octanol–water partition coefficient (Wildman–Crippen LogP) is 4.17. The number of carbonyl (C=O) groups is 1. The van der Waals surface area contributed by atoms with Gasteiger partial charge < -0.3 is 4.42 Å². The van der Waals surface area contributed by atoms with Crippen LogP contribution in [-0.4, -0.2) is 41.9 Å². The Balaban J connectivity index is 1.44. The highest BCUT2D eigenvalue weighted by atomic mass is 79.9. The smallest absolute Gasteiger partial charge is 0.322 e. The number of nitrogens with one attached hydrogen (secondary N) is 1. The summed E-state index contributed by atoms with van der Waals surface area (Å²) in [5, 5.41) is 10.3. The molecule has 0 spiro atoms. The van der Waals surface area contributed by atoms with Gasteiger partial charge in [-0.1, -0.05) is 34.0 Å². The van der Waals surface area contributed by atoms with E-state index in [4.69, 9.17) is 4.42 Å². The lowest BCUT2D eigenvalue weighted by Gasteiger charge is -2.29. The van der Waals surface area contributed by atoms with Crippen molar-refractivity contribution in [2.45, 2.75) is 24.7 Å². The average molecular weight is 505 g/mol. The zero-order valence-electron chi connectivity index (χ0n) is 16.8. The Morgan fingerprint density at radius 2 is 1.84 bits per heavy atom. The van der Waals surface area contributed by atoms with Crippen LogP contribution in [0.25, 0.3) is 11.5 Å². The van der Waals surface area contributed by atoms with Crippen molar-refractivity contribution in [1.29, 1.82) is 0 Å². The van der Waals surface area contributed by atoms with Gasteiger partial charge in [0.1, 0.15) is 0 Å². The summed E-state index contributed by atoms with van der Waals surface area (Å²) in [5.74, 6) is 0.334. The first-order valence-electron chi connectivity index (χ1n) is 9.84. The van der Waals surface area contributed by atoms with E-state index in [0.29, 0.717) is 24.6 Å². The lowest BCUT2D eigenvalue weighted by atomic mass is 10.0. The van der Waals surface area contributed by atoms with Crippen molar-refractivity contribution in [2.24, 2.45) is 5.92 Å². The zero-order chi connectivity index (χ0) is 22.0. The number of piperidine rings is 1. The van der Waals surface area contributed by atoms with E-state index in [0.717, 1.165) is 17.3 Å². The fourth-order valence-electron chi connectivity index (χ4n) is 3.33. The number of hydrogen-bond acceptors (Lipinski definition) is 6. The average Bonchev–Trinajstić information content (AvgIpc) is 3.23. The first-order chi connectivity index (χ1) is 14.8. The normalized spacial score (nSPS) is 15.7. The molecule has 0 unspecified atom stereocenters. The van der Waals surface area contributed by atoms with Gasteiger partial charge in [0.25, 0.3) is 5.91 Å². The highest BCUT2D eigenvalue weighted by Crippen LogP contribution is 2.25. The third kappa shape index (κ3) is 4.86. The van der Waals surface area contributed by atoms with Crippen molar-refractivity contribution in [3.8, 4) is 11.5 Å². The van der Waals surface area contributed by atoms with Gasteiger partial charge in [-0.25, -0.2) is 8.42 Å². The Bertz CT molecular complexity index is 1190. The third-order valence-electron chi connectivity index (χ3n) is 5.21. The number of rotatable bonds is 5. The standard InChI is InChI=1S/C21H21BrN4O4S/c1-14-9-11-26(12-10-14)31(28,29)18-7-5-15(6-8-18)19(27)23-21-25-24-20(30-21)16-3-2-4-17(22)13-16/h2-8,13-14H,9-12H2,1H3,(H,23,25,27). The van der Waals surface area contributed by atoms with E-state index in [1.165, 1.54) is 28.6 Å². The van der Waals surface area contributed by atoms with Crippen LogP contribution >= 0.6 is 15.9 Å². The van der Waals surface area contributed by atoms with Crippen LogP contribution in [0.15, 0.2) is 62.3 Å². The number of aromatic nitrogens is 2. The molecule has 3 aromatic rings. The van der Waals surface area contributed by atoms with E-state index in [1.54, 1.807) is 0 Å². The fraction of sp³-hybridized carbons (Fsp3) is 0.286. The van der Waals surface area contributed by atoms with Gasteiger partial charge in [0, 0.05) is 28.7 Å². The summed E-state index contributed by atoms with van der Waals surface area (Å²) in [6.45, 7) is 3.16. The van der Waals surface area contributed by atoms with Crippen LogP contribution in [0, 0.1) is 5.92 Å². The van der Waals surface area contributed by atoms with Gasteiger partial charge in [0.15, 0.2) is 0 Å². The van der Waals surface area contributed by atoms with Crippen molar-refractivity contribution in [3.63, 3.8) is 0 Å². The highest BCUT2D eigenvalue weighted by Gasteiger charge is 2.28. The first-order valence-corrected chi connectivity index (χ1v) is 12.1. The molecule has 31 heavy (non-hydrogen) atoms. The molecule has 0 atom stereocenters. The zero-order valence-corrected chi connectivity index (χ0v) is 19.2. The maximum absolute atomic E-state index is 12.8. The quantitative estimate of drug-likeness (QED) is 0.558. The second-order valence-electron chi connectivity index (χ2n) is 7.49. The van der Waals surface area contributed by atoms with Crippen LogP contribution in [0.2, 0.25) is 0 Å². The van der Waals surface area contributed by atoms with Crippen molar-refractivity contribution in [1.82, 2.24) is 14.5 Å². The Morgan fingerprint density at radius 3 is 2.52 bits per heavy atom. The Morgan fingerprint density at radius 1 is 1.13 bits per heavy atom. The van der Waals surface area contributed by atoms with Gasteiger partial charge >= 0.3 is 6.01 Å². The number of amides is 1. The molecule has 1 aliphatic rings. The minimum atomic E-state index is -3.56. The van der Waals surface area contributed by atoms with Crippen molar-refractivity contribution < 1.29 is 17.6 Å². The van der Waals surface area contributed by atoms with Crippen LogP contribution in [0.5, 0.6) is 0 Å². The summed E-state index contributed by atoms with van der Waals surface area (Å²) in [6, 6.07) is 13.1. The van der Waals surface area contributed by atoms with Crippen molar-refractivity contribution >= 4 is 37.9 Å². The van der Waals surface area contributed by atoms with Crippen LogP contribution in [0.3, 0.4) is 0 Å². The van der Waals surface area contributed by atoms with E-state index in [1.807, 2.05) is 24.3 Å². The number of carbonyl (C=O) groups excluding carboxylic acids is 1. The van der Waals surface area contributed by atoms with Gasteiger partial charge in [0.05, 0.1) is 4.90 Å². The molecule has 1 fully saturated rings. The van der Waals surface area contributed by atoms with Crippen LogP contribution in [-0.2, 0) is 10.0 Å². The summed E-state index contributed by atoms with van der Waals surface area (Å²) in [6.07, 6.45) is 1.71. The molecule has 0 bridgehead atoms. The maximum atomic E-state index is 12.8. The Labute approximate surface area is 188 Å². The van der Waals surface area contributed by atoms with E-state index in [2.05, 4.69) is 38.4 Å². The van der Waals surface area contributed by atoms with Crippen LogP contribution < -0.4 is 5.32 Å². The lowest BCUT2D eigenvalue weighted by molar-refractivity contribution is 0.102. The van der Waals surface area contributed by atoms with Gasteiger partial charge in [-0.05, 0) is 61.2 Å². The molecule has 2 heterocycles. The number of hydrogen-bond donors (Lipinski definition) is 1. The molecule has 1 N–H and O–H groups in total. The number of benzene rings is 2. The molecule has 0 saturated carbocycles. The molecule has 4 rings (SSSR count). The molecule has 1 saturated heterocycles. The molecule has 2 aromatic carbocycles. The monoisotopic (exact) mass is 504 g/mol. The number of anilines is 1. The molecule has 162 valence electrons. The number of sulfonamides is 1.